The first kappa shape index (κ1) is 19.2. The summed E-state index contributed by atoms with van der Waals surface area (Å²) in [5.74, 6) is -2.55. The van der Waals surface area contributed by atoms with Crippen LogP contribution in [0.3, 0.4) is 0 Å². The van der Waals surface area contributed by atoms with Crippen molar-refractivity contribution in [3.05, 3.63) is 65.7 Å². The molecule has 0 saturated heterocycles. The Morgan fingerprint density at radius 2 is 1.58 bits per heavy atom. The fourth-order valence-corrected chi connectivity index (χ4v) is 2.46. The number of aliphatic carboxylic acids is 1. The molecule has 0 saturated carbocycles. The van der Waals surface area contributed by atoms with Gasteiger partial charge in [-0.3, -0.25) is 9.59 Å². The van der Waals surface area contributed by atoms with Crippen LogP contribution in [0, 0.1) is 5.92 Å². The Labute approximate surface area is 152 Å². The molecular formula is C20H21N2O4-. The van der Waals surface area contributed by atoms with Crippen LogP contribution in [-0.4, -0.2) is 23.8 Å². The standard InChI is InChI=1S/C20H22N2O4/c1-3-13(2)17(20(25)26)22-19(24)15-11-7-8-12-16(15)21-18(23)14-9-5-4-6-10-14/h4-13,17H,3H2,1-2H3,(H,21,23)(H,22,24)(H,25,26)/p-1/t13-,17-/m1/s1. The second-order valence-electron chi connectivity index (χ2n) is 6.02. The fraction of sp³-hybridized carbons (Fsp3) is 0.250. The number of anilines is 1. The van der Waals surface area contributed by atoms with Crippen molar-refractivity contribution in [2.75, 3.05) is 5.32 Å². The van der Waals surface area contributed by atoms with Gasteiger partial charge >= 0.3 is 0 Å². The van der Waals surface area contributed by atoms with Crippen LogP contribution in [0.4, 0.5) is 5.69 Å². The highest BCUT2D eigenvalue weighted by molar-refractivity contribution is 6.09. The minimum Gasteiger partial charge on any atom is -0.548 e. The van der Waals surface area contributed by atoms with Crippen LogP contribution < -0.4 is 15.7 Å². The number of carboxylic acids is 1. The van der Waals surface area contributed by atoms with E-state index in [1.54, 1.807) is 55.5 Å². The minimum absolute atomic E-state index is 0.186. The van der Waals surface area contributed by atoms with Crippen LogP contribution in [0.2, 0.25) is 0 Å². The molecule has 0 aliphatic rings. The number of hydrogen-bond acceptors (Lipinski definition) is 4. The number of carboxylic acid groups (broad SMARTS) is 1. The van der Waals surface area contributed by atoms with E-state index in [1.807, 2.05) is 6.92 Å². The van der Waals surface area contributed by atoms with Gasteiger partial charge in [0.25, 0.3) is 11.8 Å². The summed E-state index contributed by atoms with van der Waals surface area (Å²) in [6.45, 7) is 3.56. The predicted octanol–water partition coefficient (Wildman–Crippen LogP) is 1.83. The van der Waals surface area contributed by atoms with E-state index in [4.69, 9.17) is 0 Å². The third-order valence-corrected chi connectivity index (χ3v) is 4.21. The van der Waals surface area contributed by atoms with Gasteiger partial charge in [0.15, 0.2) is 0 Å². The van der Waals surface area contributed by atoms with Gasteiger partial charge in [-0.1, -0.05) is 50.6 Å². The highest BCUT2D eigenvalue weighted by Gasteiger charge is 2.22. The van der Waals surface area contributed by atoms with Crippen molar-refractivity contribution < 1.29 is 19.5 Å². The van der Waals surface area contributed by atoms with Gasteiger partial charge in [0.2, 0.25) is 0 Å². The van der Waals surface area contributed by atoms with Crippen molar-refractivity contribution in [1.82, 2.24) is 5.32 Å². The molecular weight excluding hydrogens is 332 g/mol. The molecule has 136 valence electrons. The largest absolute Gasteiger partial charge is 0.548 e. The molecule has 2 rings (SSSR count). The van der Waals surface area contributed by atoms with Gasteiger partial charge in [0.1, 0.15) is 0 Å². The van der Waals surface area contributed by atoms with E-state index >= 15 is 0 Å². The Bertz CT molecular complexity index is 789. The van der Waals surface area contributed by atoms with E-state index in [0.29, 0.717) is 17.7 Å². The molecule has 2 aromatic rings. The van der Waals surface area contributed by atoms with Crippen molar-refractivity contribution in [1.29, 1.82) is 0 Å². The number of nitrogens with one attached hydrogen (secondary N) is 2. The lowest BCUT2D eigenvalue weighted by atomic mass is 9.98. The van der Waals surface area contributed by atoms with Crippen LogP contribution in [0.5, 0.6) is 0 Å². The molecule has 0 aromatic heterocycles. The van der Waals surface area contributed by atoms with E-state index < -0.39 is 17.9 Å². The zero-order valence-corrected chi connectivity index (χ0v) is 14.7. The maximum absolute atomic E-state index is 12.6. The number of hydrogen-bond donors (Lipinski definition) is 2. The van der Waals surface area contributed by atoms with Gasteiger partial charge < -0.3 is 20.5 Å². The van der Waals surface area contributed by atoms with Crippen LogP contribution in [0.25, 0.3) is 0 Å². The van der Waals surface area contributed by atoms with E-state index in [-0.39, 0.29) is 17.4 Å². The zero-order chi connectivity index (χ0) is 19.1. The molecule has 2 N–H and O–H groups in total. The van der Waals surface area contributed by atoms with Crippen LogP contribution in [0.15, 0.2) is 54.6 Å². The first-order chi connectivity index (χ1) is 12.4. The number of amides is 2. The van der Waals surface area contributed by atoms with Gasteiger partial charge in [-0.15, -0.1) is 0 Å². The maximum atomic E-state index is 12.6. The van der Waals surface area contributed by atoms with Gasteiger partial charge in [0.05, 0.1) is 23.3 Å². The summed E-state index contributed by atoms with van der Waals surface area (Å²) in [5.41, 5.74) is 0.946. The summed E-state index contributed by atoms with van der Waals surface area (Å²) >= 11 is 0. The average Bonchev–Trinajstić information content (AvgIpc) is 2.66. The molecule has 2 aromatic carbocycles. The molecule has 0 unspecified atom stereocenters. The molecule has 0 radical (unpaired) electrons. The van der Waals surface area contributed by atoms with Gasteiger partial charge in [-0.2, -0.15) is 0 Å². The molecule has 0 heterocycles. The van der Waals surface area contributed by atoms with E-state index in [0.717, 1.165) is 0 Å². The Kier molecular flexibility index (Phi) is 6.49. The van der Waals surface area contributed by atoms with Crippen molar-refractivity contribution in [2.45, 2.75) is 26.3 Å². The highest BCUT2D eigenvalue weighted by Crippen LogP contribution is 2.17. The second kappa shape index (κ2) is 8.80. The third kappa shape index (κ3) is 4.69. The molecule has 0 spiro atoms. The summed E-state index contributed by atoms with van der Waals surface area (Å²) in [4.78, 5) is 36.2. The van der Waals surface area contributed by atoms with Crippen LogP contribution in [-0.2, 0) is 4.79 Å². The number of para-hydroxylation sites is 1. The Morgan fingerprint density at radius 3 is 2.19 bits per heavy atom. The Morgan fingerprint density at radius 1 is 0.962 bits per heavy atom. The molecule has 0 aliphatic heterocycles. The molecule has 6 nitrogen and oxygen atoms in total. The summed E-state index contributed by atoms with van der Waals surface area (Å²) in [5, 5.41) is 16.5. The normalized spacial score (nSPS) is 12.7. The molecule has 0 aliphatic carbocycles. The number of benzene rings is 2. The SMILES string of the molecule is CC[C@@H](C)[C@@H](NC(=O)c1ccccc1NC(=O)c1ccccc1)C(=O)[O-]. The molecule has 0 fully saturated rings. The lowest BCUT2D eigenvalue weighted by Gasteiger charge is -2.25. The minimum atomic E-state index is -1.33. The zero-order valence-electron chi connectivity index (χ0n) is 14.7. The summed E-state index contributed by atoms with van der Waals surface area (Å²) in [6.07, 6.45) is 0.575. The average molecular weight is 353 g/mol. The third-order valence-electron chi connectivity index (χ3n) is 4.21. The van der Waals surface area contributed by atoms with Crippen molar-refractivity contribution in [3.8, 4) is 0 Å². The topological polar surface area (TPSA) is 98.3 Å². The number of carbonyl (C=O) groups is 3. The summed E-state index contributed by atoms with van der Waals surface area (Å²) < 4.78 is 0. The number of rotatable bonds is 7. The molecule has 2 amide bonds. The van der Waals surface area contributed by atoms with Crippen LogP contribution in [0.1, 0.15) is 41.0 Å². The monoisotopic (exact) mass is 353 g/mol. The van der Waals surface area contributed by atoms with E-state index in [2.05, 4.69) is 10.6 Å². The Hall–Kier alpha value is -3.15. The molecule has 6 heteroatoms. The maximum Gasteiger partial charge on any atom is 0.255 e. The van der Waals surface area contributed by atoms with E-state index in [1.165, 1.54) is 6.07 Å². The molecule has 26 heavy (non-hydrogen) atoms. The van der Waals surface area contributed by atoms with Crippen molar-refractivity contribution >= 4 is 23.5 Å². The lowest BCUT2D eigenvalue weighted by Crippen LogP contribution is -2.51. The first-order valence-electron chi connectivity index (χ1n) is 8.41. The van der Waals surface area contributed by atoms with Gasteiger partial charge in [0, 0.05) is 5.56 Å². The predicted molar refractivity (Wildman–Crippen MR) is 96.6 cm³/mol. The smallest absolute Gasteiger partial charge is 0.255 e. The molecule has 0 bridgehead atoms. The number of carbonyl (C=O) groups excluding carboxylic acids is 3. The first-order valence-corrected chi connectivity index (χ1v) is 8.41. The molecule has 2 atom stereocenters. The van der Waals surface area contributed by atoms with Gasteiger partial charge in [-0.05, 0) is 30.2 Å². The summed E-state index contributed by atoms with van der Waals surface area (Å²) in [7, 11) is 0. The fourth-order valence-electron chi connectivity index (χ4n) is 2.46. The lowest BCUT2D eigenvalue weighted by molar-refractivity contribution is -0.309. The Balaban J connectivity index is 2.21. The van der Waals surface area contributed by atoms with Crippen molar-refractivity contribution in [3.63, 3.8) is 0 Å². The quantitative estimate of drug-likeness (QED) is 0.793. The van der Waals surface area contributed by atoms with Crippen LogP contribution >= 0.6 is 0 Å². The van der Waals surface area contributed by atoms with E-state index in [9.17, 15) is 19.5 Å². The van der Waals surface area contributed by atoms with Crippen molar-refractivity contribution in [2.24, 2.45) is 5.92 Å². The highest BCUT2D eigenvalue weighted by atomic mass is 16.4. The second-order valence-corrected chi connectivity index (χ2v) is 6.02. The summed E-state index contributed by atoms with van der Waals surface area (Å²) in [6, 6.07) is 13.9. The van der Waals surface area contributed by atoms with Gasteiger partial charge in [-0.25, -0.2) is 0 Å².